The van der Waals surface area contributed by atoms with Gasteiger partial charge in [0.2, 0.25) is 0 Å². The van der Waals surface area contributed by atoms with Crippen molar-refractivity contribution in [2.24, 2.45) is 0 Å². The fourth-order valence-corrected chi connectivity index (χ4v) is 2.08. The predicted molar refractivity (Wildman–Crippen MR) is 78.0 cm³/mol. The summed E-state index contributed by atoms with van der Waals surface area (Å²) in [6.07, 6.45) is 0. The van der Waals surface area contributed by atoms with Crippen molar-refractivity contribution in [2.75, 3.05) is 5.32 Å². The van der Waals surface area contributed by atoms with Gasteiger partial charge in [-0.2, -0.15) is 0 Å². The van der Waals surface area contributed by atoms with Crippen molar-refractivity contribution in [1.82, 2.24) is 0 Å². The van der Waals surface area contributed by atoms with Crippen LogP contribution in [0.15, 0.2) is 42.5 Å². The van der Waals surface area contributed by atoms with Gasteiger partial charge in [-0.1, -0.05) is 12.1 Å². The smallest absolute Gasteiger partial charge is 0.272 e. The number of anilines is 1. The molecule has 0 saturated heterocycles. The van der Waals surface area contributed by atoms with Crippen molar-refractivity contribution in [1.29, 1.82) is 0 Å². The Balaban J connectivity index is 2.18. The van der Waals surface area contributed by atoms with Gasteiger partial charge in [0, 0.05) is 23.4 Å². The molecule has 0 aliphatic carbocycles. The van der Waals surface area contributed by atoms with Gasteiger partial charge < -0.3 is 10.4 Å². The van der Waals surface area contributed by atoms with E-state index < -0.39 is 4.92 Å². The summed E-state index contributed by atoms with van der Waals surface area (Å²) in [6, 6.07) is 11.9. The lowest BCUT2D eigenvalue weighted by Crippen LogP contribution is -2.06. The fourth-order valence-electron chi connectivity index (χ4n) is 2.08. The molecule has 1 atom stereocenters. The predicted octanol–water partition coefficient (Wildman–Crippen LogP) is 3.78. The number of benzene rings is 2. The molecule has 20 heavy (non-hydrogen) atoms. The number of hydrogen-bond acceptors (Lipinski definition) is 4. The maximum atomic E-state index is 10.8. The average Bonchev–Trinajstić information content (AvgIpc) is 2.38. The molecular formula is C15H16N2O3. The lowest BCUT2D eigenvalue weighted by molar-refractivity contribution is -0.385. The van der Waals surface area contributed by atoms with Crippen LogP contribution in [0.25, 0.3) is 0 Å². The summed E-state index contributed by atoms with van der Waals surface area (Å²) in [5.74, 6) is 0.219. The molecule has 0 bridgehead atoms. The number of phenolic OH excluding ortho intramolecular Hbond substituents is 1. The van der Waals surface area contributed by atoms with Gasteiger partial charge in [0.25, 0.3) is 5.69 Å². The summed E-state index contributed by atoms with van der Waals surface area (Å²) in [5, 5.41) is 23.5. The highest BCUT2D eigenvalue weighted by Crippen LogP contribution is 2.26. The summed E-state index contributed by atoms with van der Waals surface area (Å²) >= 11 is 0. The monoisotopic (exact) mass is 272 g/mol. The van der Waals surface area contributed by atoms with Crippen LogP contribution >= 0.6 is 0 Å². The Labute approximate surface area is 117 Å². The van der Waals surface area contributed by atoms with Crippen LogP contribution in [0.5, 0.6) is 5.75 Å². The van der Waals surface area contributed by atoms with Gasteiger partial charge in [-0.15, -0.1) is 0 Å². The first-order chi connectivity index (χ1) is 9.47. The molecule has 2 N–H and O–H groups in total. The highest BCUT2D eigenvalue weighted by atomic mass is 16.6. The quantitative estimate of drug-likeness (QED) is 0.656. The molecule has 0 aliphatic rings. The topological polar surface area (TPSA) is 75.4 Å². The van der Waals surface area contributed by atoms with E-state index in [-0.39, 0.29) is 17.5 Å². The van der Waals surface area contributed by atoms with Gasteiger partial charge in [0.15, 0.2) is 0 Å². The van der Waals surface area contributed by atoms with Crippen LogP contribution in [0.1, 0.15) is 24.1 Å². The molecule has 0 aromatic heterocycles. The first-order valence-electron chi connectivity index (χ1n) is 6.28. The van der Waals surface area contributed by atoms with E-state index in [9.17, 15) is 15.2 Å². The molecule has 0 fully saturated rings. The summed E-state index contributed by atoms with van der Waals surface area (Å²) < 4.78 is 0. The third-order valence-electron chi connectivity index (χ3n) is 3.15. The van der Waals surface area contributed by atoms with E-state index in [1.54, 1.807) is 37.3 Å². The van der Waals surface area contributed by atoms with Crippen LogP contribution in [-0.2, 0) is 0 Å². The van der Waals surface area contributed by atoms with Crippen LogP contribution in [0, 0.1) is 17.0 Å². The highest BCUT2D eigenvalue weighted by Gasteiger charge is 2.12. The molecular weight excluding hydrogens is 256 g/mol. The summed E-state index contributed by atoms with van der Waals surface area (Å²) in [6.45, 7) is 3.67. The van der Waals surface area contributed by atoms with Crippen molar-refractivity contribution in [2.45, 2.75) is 19.9 Å². The van der Waals surface area contributed by atoms with Crippen molar-refractivity contribution < 1.29 is 10.0 Å². The van der Waals surface area contributed by atoms with Gasteiger partial charge in [-0.05, 0) is 43.7 Å². The third kappa shape index (κ3) is 3.06. The van der Waals surface area contributed by atoms with Gasteiger partial charge in [-0.25, -0.2) is 0 Å². The minimum Gasteiger partial charge on any atom is -0.508 e. The van der Waals surface area contributed by atoms with Crippen molar-refractivity contribution >= 4 is 11.4 Å². The number of aryl methyl sites for hydroxylation is 1. The summed E-state index contributed by atoms with van der Waals surface area (Å²) in [7, 11) is 0. The maximum Gasteiger partial charge on any atom is 0.272 e. The molecule has 104 valence electrons. The molecule has 2 rings (SSSR count). The summed E-state index contributed by atoms with van der Waals surface area (Å²) in [5.41, 5.74) is 2.48. The van der Waals surface area contributed by atoms with Crippen LogP contribution in [-0.4, -0.2) is 10.0 Å². The molecule has 2 aromatic carbocycles. The lowest BCUT2D eigenvalue weighted by Gasteiger charge is -2.16. The number of phenols is 1. The number of hydrogen-bond donors (Lipinski definition) is 2. The largest absolute Gasteiger partial charge is 0.508 e. The van der Waals surface area contributed by atoms with Crippen LogP contribution in [0.2, 0.25) is 0 Å². The maximum absolute atomic E-state index is 10.8. The van der Waals surface area contributed by atoms with E-state index in [4.69, 9.17) is 0 Å². The molecule has 5 heteroatoms. The lowest BCUT2D eigenvalue weighted by atomic mass is 10.1. The number of nitro benzene ring substituents is 1. The average molecular weight is 272 g/mol. The van der Waals surface area contributed by atoms with Gasteiger partial charge >= 0.3 is 0 Å². The molecule has 0 spiro atoms. The number of aromatic hydroxyl groups is 1. The van der Waals surface area contributed by atoms with Crippen LogP contribution < -0.4 is 5.32 Å². The number of nitro groups is 1. The Kier molecular flexibility index (Phi) is 3.89. The standard InChI is InChI=1S/C15H16N2O3/c1-10-8-13(6-7-15(10)17(19)20)16-11(2)12-4-3-5-14(18)9-12/h3-9,11,16,18H,1-2H3. The Hall–Kier alpha value is -2.56. The second kappa shape index (κ2) is 5.61. The molecule has 0 heterocycles. The minimum atomic E-state index is -0.391. The normalized spacial score (nSPS) is 11.9. The first-order valence-corrected chi connectivity index (χ1v) is 6.28. The third-order valence-corrected chi connectivity index (χ3v) is 3.15. The van der Waals surface area contributed by atoms with E-state index in [1.165, 1.54) is 6.07 Å². The number of nitrogens with one attached hydrogen (secondary N) is 1. The van der Waals surface area contributed by atoms with E-state index in [1.807, 2.05) is 13.0 Å². The van der Waals surface area contributed by atoms with Crippen LogP contribution in [0.4, 0.5) is 11.4 Å². The highest BCUT2D eigenvalue weighted by molar-refractivity contribution is 5.54. The molecule has 1 unspecified atom stereocenters. The van der Waals surface area contributed by atoms with E-state index in [0.29, 0.717) is 5.56 Å². The molecule has 0 amide bonds. The van der Waals surface area contributed by atoms with E-state index >= 15 is 0 Å². The minimum absolute atomic E-state index is 0.0112. The first kappa shape index (κ1) is 13.9. The van der Waals surface area contributed by atoms with Crippen molar-refractivity contribution in [3.8, 4) is 5.75 Å². The molecule has 5 nitrogen and oxygen atoms in total. The Bertz CT molecular complexity index is 641. The Morgan fingerprint density at radius 2 is 2.00 bits per heavy atom. The van der Waals surface area contributed by atoms with Crippen molar-refractivity contribution in [3.05, 3.63) is 63.7 Å². The zero-order valence-corrected chi connectivity index (χ0v) is 11.3. The van der Waals surface area contributed by atoms with Crippen molar-refractivity contribution in [3.63, 3.8) is 0 Å². The molecule has 0 aliphatic heterocycles. The van der Waals surface area contributed by atoms with E-state index in [2.05, 4.69) is 5.32 Å². The van der Waals surface area contributed by atoms with Gasteiger partial charge in [0.05, 0.1) is 4.92 Å². The van der Waals surface area contributed by atoms with Crippen LogP contribution in [0.3, 0.4) is 0 Å². The van der Waals surface area contributed by atoms with Gasteiger partial charge in [-0.3, -0.25) is 10.1 Å². The molecule has 0 saturated carbocycles. The Morgan fingerprint density at radius 1 is 1.25 bits per heavy atom. The number of nitrogens with zero attached hydrogens (tertiary/aromatic N) is 1. The zero-order valence-electron chi connectivity index (χ0n) is 11.3. The SMILES string of the molecule is Cc1cc(NC(C)c2cccc(O)c2)ccc1[N+](=O)[O-]. The zero-order chi connectivity index (χ0) is 14.7. The van der Waals surface area contributed by atoms with E-state index in [0.717, 1.165) is 11.3 Å². The summed E-state index contributed by atoms with van der Waals surface area (Å²) in [4.78, 5) is 10.4. The Morgan fingerprint density at radius 3 is 2.60 bits per heavy atom. The number of rotatable bonds is 4. The van der Waals surface area contributed by atoms with Gasteiger partial charge in [0.1, 0.15) is 5.75 Å². The molecule has 0 radical (unpaired) electrons. The molecule has 2 aromatic rings. The second-order valence-corrected chi connectivity index (χ2v) is 4.72. The fraction of sp³-hybridized carbons (Fsp3) is 0.200. The second-order valence-electron chi connectivity index (χ2n) is 4.72.